The highest BCUT2D eigenvalue weighted by molar-refractivity contribution is 5.90. The summed E-state index contributed by atoms with van der Waals surface area (Å²) in [5.74, 6) is -0.793. The summed E-state index contributed by atoms with van der Waals surface area (Å²) in [6, 6.07) is 0. The minimum absolute atomic E-state index is 0.106. The normalized spacial score (nSPS) is 33.4. The molecule has 0 aromatic heterocycles. The third kappa shape index (κ3) is 7.24. The van der Waals surface area contributed by atoms with E-state index < -0.39 is 36.7 Å². The van der Waals surface area contributed by atoms with Gasteiger partial charge in [0.1, 0.15) is 26.3 Å². The lowest BCUT2D eigenvalue weighted by atomic mass is 9.43. The van der Waals surface area contributed by atoms with Crippen molar-refractivity contribution in [1.29, 1.82) is 0 Å². The second-order valence-electron chi connectivity index (χ2n) is 12.6. The summed E-state index contributed by atoms with van der Waals surface area (Å²) in [5.41, 5.74) is 0.120. The molecule has 0 saturated heterocycles. The van der Waals surface area contributed by atoms with Gasteiger partial charge < -0.3 is 19.7 Å². The number of aliphatic carboxylic acids is 2. The Morgan fingerprint density at radius 3 is 2.03 bits per heavy atom. The summed E-state index contributed by atoms with van der Waals surface area (Å²) >= 11 is 0. The standard InChI is InChI=1S/C28H45NO8/c1-18(2)19-6-8-21-20(12-19)7-9-22-27(3,10-5-11-28(21,22)4)15-29(16-36-25(34)13-23(30)31)17-37-26(35)14-24(32)33/h18-22H,5-17H2,1-4H3,(H,30,31)(H,32,33). The van der Waals surface area contributed by atoms with Crippen LogP contribution in [0.5, 0.6) is 0 Å². The topological polar surface area (TPSA) is 130 Å². The van der Waals surface area contributed by atoms with E-state index >= 15 is 0 Å². The molecule has 6 atom stereocenters. The lowest BCUT2D eigenvalue weighted by Crippen LogP contribution is -2.56. The van der Waals surface area contributed by atoms with Crippen molar-refractivity contribution in [1.82, 2.24) is 4.90 Å². The van der Waals surface area contributed by atoms with Crippen LogP contribution in [-0.4, -0.2) is 59.0 Å². The number of carboxylic acid groups (broad SMARTS) is 2. The van der Waals surface area contributed by atoms with Gasteiger partial charge >= 0.3 is 23.9 Å². The molecule has 210 valence electrons. The van der Waals surface area contributed by atoms with E-state index in [1.807, 2.05) is 0 Å². The average Bonchev–Trinajstić information content (AvgIpc) is 2.79. The molecule has 3 aliphatic carbocycles. The van der Waals surface area contributed by atoms with Gasteiger partial charge in [-0.3, -0.25) is 19.2 Å². The first-order valence-corrected chi connectivity index (χ1v) is 13.8. The molecule has 0 aromatic carbocycles. The van der Waals surface area contributed by atoms with E-state index in [0.29, 0.717) is 18.4 Å². The van der Waals surface area contributed by atoms with Gasteiger partial charge in [0.25, 0.3) is 0 Å². The maximum Gasteiger partial charge on any atom is 0.318 e. The molecule has 3 fully saturated rings. The van der Waals surface area contributed by atoms with Crippen molar-refractivity contribution in [2.24, 2.45) is 40.4 Å². The molecule has 3 aliphatic rings. The minimum atomic E-state index is -1.27. The molecule has 0 aromatic rings. The Kier molecular flexibility index (Phi) is 9.64. The van der Waals surface area contributed by atoms with Crippen LogP contribution in [0.1, 0.15) is 91.9 Å². The van der Waals surface area contributed by atoms with Gasteiger partial charge in [-0.05, 0) is 85.4 Å². The van der Waals surface area contributed by atoms with E-state index in [9.17, 15) is 19.2 Å². The highest BCUT2D eigenvalue weighted by Gasteiger charge is 2.57. The Morgan fingerprint density at radius 1 is 0.892 bits per heavy atom. The average molecular weight is 524 g/mol. The largest absolute Gasteiger partial charge is 0.481 e. The van der Waals surface area contributed by atoms with Crippen molar-refractivity contribution in [3.8, 4) is 0 Å². The van der Waals surface area contributed by atoms with E-state index in [-0.39, 0.29) is 24.3 Å². The summed E-state index contributed by atoms with van der Waals surface area (Å²) in [6.45, 7) is 9.53. The Labute approximate surface area is 220 Å². The molecule has 0 radical (unpaired) electrons. The van der Waals surface area contributed by atoms with Crippen LogP contribution in [0.3, 0.4) is 0 Å². The number of hydrogen-bond acceptors (Lipinski definition) is 7. The summed E-state index contributed by atoms with van der Waals surface area (Å²) in [4.78, 5) is 47.3. The van der Waals surface area contributed by atoms with Gasteiger partial charge in [-0.1, -0.05) is 34.1 Å². The molecule has 37 heavy (non-hydrogen) atoms. The number of rotatable bonds is 11. The Morgan fingerprint density at radius 2 is 1.49 bits per heavy atom. The van der Waals surface area contributed by atoms with E-state index in [4.69, 9.17) is 19.7 Å². The zero-order valence-corrected chi connectivity index (χ0v) is 22.9. The number of hydrogen-bond donors (Lipinski definition) is 2. The lowest BCUT2D eigenvalue weighted by Gasteiger charge is -2.62. The summed E-state index contributed by atoms with van der Waals surface area (Å²) in [7, 11) is 0. The van der Waals surface area contributed by atoms with Gasteiger partial charge in [-0.25, -0.2) is 4.90 Å². The van der Waals surface area contributed by atoms with Crippen molar-refractivity contribution in [3.05, 3.63) is 0 Å². The second-order valence-corrected chi connectivity index (χ2v) is 12.6. The molecular weight excluding hydrogens is 478 g/mol. The maximum atomic E-state index is 11.9. The van der Waals surface area contributed by atoms with Crippen LogP contribution in [0.25, 0.3) is 0 Å². The quantitative estimate of drug-likeness (QED) is 0.228. The highest BCUT2D eigenvalue weighted by Crippen LogP contribution is 2.64. The first kappa shape index (κ1) is 29.4. The predicted molar refractivity (Wildman–Crippen MR) is 135 cm³/mol. The zero-order valence-electron chi connectivity index (χ0n) is 22.9. The fraction of sp³-hybridized carbons (Fsp3) is 0.857. The van der Waals surface area contributed by atoms with Crippen LogP contribution in [0.4, 0.5) is 0 Å². The molecule has 0 heterocycles. The Hall–Kier alpha value is -2.16. The summed E-state index contributed by atoms with van der Waals surface area (Å²) in [6.07, 6.45) is 8.09. The molecule has 9 heteroatoms. The van der Waals surface area contributed by atoms with E-state index in [1.165, 1.54) is 32.1 Å². The molecule has 2 N–H and O–H groups in total. The molecular formula is C28H45NO8. The lowest BCUT2D eigenvalue weighted by molar-refractivity contribution is -0.169. The maximum absolute atomic E-state index is 11.9. The molecule has 0 amide bonds. The SMILES string of the molecule is CC(C)C1CCC2C(CCC3C(C)(CN(COC(=O)CC(=O)O)COC(=O)CC(=O)O)CCCC23C)C1. The number of carbonyl (C=O) groups is 4. The van der Waals surface area contributed by atoms with Crippen molar-refractivity contribution < 1.29 is 38.9 Å². The molecule has 9 nitrogen and oxygen atoms in total. The molecule has 6 unspecified atom stereocenters. The second kappa shape index (κ2) is 12.1. The summed E-state index contributed by atoms with van der Waals surface area (Å²) in [5, 5.41) is 17.7. The number of esters is 2. The Balaban J connectivity index is 1.73. The highest BCUT2D eigenvalue weighted by atomic mass is 16.6. The number of fused-ring (bicyclic) bond motifs is 3. The molecule has 3 saturated carbocycles. The van der Waals surface area contributed by atoms with Crippen LogP contribution >= 0.6 is 0 Å². The molecule has 3 rings (SSSR count). The van der Waals surface area contributed by atoms with Gasteiger partial charge in [-0.2, -0.15) is 0 Å². The van der Waals surface area contributed by atoms with Gasteiger partial charge in [0, 0.05) is 6.54 Å². The van der Waals surface area contributed by atoms with Crippen molar-refractivity contribution in [3.63, 3.8) is 0 Å². The minimum Gasteiger partial charge on any atom is -0.481 e. The first-order valence-electron chi connectivity index (χ1n) is 13.8. The fourth-order valence-electron chi connectivity index (χ4n) is 8.12. The number of carbonyl (C=O) groups excluding carboxylic acids is 2. The third-order valence-corrected chi connectivity index (χ3v) is 9.73. The van der Waals surface area contributed by atoms with E-state index in [2.05, 4.69) is 27.7 Å². The first-order chi connectivity index (χ1) is 17.3. The number of ether oxygens (including phenoxy) is 2. The smallest absolute Gasteiger partial charge is 0.318 e. The van der Waals surface area contributed by atoms with Crippen LogP contribution in [0.2, 0.25) is 0 Å². The van der Waals surface area contributed by atoms with Crippen LogP contribution in [0, 0.1) is 40.4 Å². The monoisotopic (exact) mass is 523 g/mol. The molecule has 0 spiro atoms. The zero-order chi connectivity index (χ0) is 27.4. The van der Waals surface area contributed by atoms with Crippen LogP contribution in [-0.2, 0) is 28.7 Å². The number of carboxylic acids is 2. The third-order valence-electron chi connectivity index (χ3n) is 9.73. The molecule has 0 aliphatic heterocycles. The Bertz CT molecular complexity index is 827. The van der Waals surface area contributed by atoms with Crippen molar-refractivity contribution >= 4 is 23.9 Å². The number of nitrogens with zero attached hydrogens (tertiary/aromatic N) is 1. The van der Waals surface area contributed by atoms with Gasteiger partial charge in [0.15, 0.2) is 0 Å². The fourth-order valence-corrected chi connectivity index (χ4v) is 8.12. The predicted octanol–water partition coefficient (Wildman–Crippen LogP) is 4.53. The van der Waals surface area contributed by atoms with Crippen LogP contribution < -0.4 is 0 Å². The van der Waals surface area contributed by atoms with Crippen molar-refractivity contribution in [2.45, 2.75) is 91.9 Å². The van der Waals surface area contributed by atoms with Gasteiger partial charge in [0.2, 0.25) is 0 Å². The summed E-state index contributed by atoms with van der Waals surface area (Å²) < 4.78 is 10.4. The van der Waals surface area contributed by atoms with Gasteiger partial charge in [-0.15, -0.1) is 0 Å². The van der Waals surface area contributed by atoms with Crippen molar-refractivity contribution in [2.75, 3.05) is 20.0 Å². The molecule has 0 bridgehead atoms. The van der Waals surface area contributed by atoms with Gasteiger partial charge in [0.05, 0.1) is 0 Å². The van der Waals surface area contributed by atoms with Crippen LogP contribution in [0.15, 0.2) is 0 Å². The van der Waals surface area contributed by atoms with E-state index in [0.717, 1.165) is 37.0 Å². The van der Waals surface area contributed by atoms with E-state index in [1.54, 1.807) is 4.90 Å².